The van der Waals surface area contributed by atoms with E-state index < -0.39 is 40.5 Å². The number of likely N-dealkylation sites (tertiary alicyclic amines) is 2. The van der Waals surface area contributed by atoms with Crippen LogP contribution in [0.4, 0.5) is 14.0 Å². The number of amides is 2. The molecule has 3 aromatic rings. The van der Waals surface area contributed by atoms with Crippen molar-refractivity contribution in [3.63, 3.8) is 0 Å². The largest absolute Gasteiger partial charge is 0.497 e. The van der Waals surface area contributed by atoms with E-state index in [4.69, 9.17) is 18.9 Å². The van der Waals surface area contributed by atoms with Crippen LogP contribution in [0.3, 0.4) is 0 Å². The van der Waals surface area contributed by atoms with E-state index in [1.54, 1.807) is 4.90 Å². The Hall–Kier alpha value is -5.17. The molecule has 344 valence electrons. The summed E-state index contributed by atoms with van der Waals surface area (Å²) in [5.74, 6) is -1.95. The molecule has 2 saturated heterocycles. The van der Waals surface area contributed by atoms with Crippen molar-refractivity contribution >= 4 is 24.1 Å². The Bertz CT molecular complexity index is 2070. The van der Waals surface area contributed by atoms with Crippen molar-refractivity contribution in [2.45, 2.75) is 124 Å². The van der Waals surface area contributed by atoms with E-state index in [0.717, 1.165) is 27.8 Å². The first-order chi connectivity index (χ1) is 29.4. The molecular weight excluding hydrogens is 806 g/mol. The molecule has 0 bridgehead atoms. The number of methoxy groups -OCH3 is 1. The summed E-state index contributed by atoms with van der Waals surface area (Å²) in [6.45, 7) is 19.4. The molecule has 3 aromatic carbocycles. The van der Waals surface area contributed by atoms with Gasteiger partial charge in [-0.15, -0.1) is 0 Å². The summed E-state index contributed by atoms with van der Waals surface area (Å²) in [6, 6.07) is 20.8. The van der Waals surface area contributed by atoms with Crippen LogP contribution in [-0.2, 0) is 56.3 Å². The van der Waals surface area contributed by atoms with Gasteiger partial charge in [-0.1, -0.05) is 48.5 Å². The molecule has 2 heterocycles. The third-order valence-electron chi connectivity index (χ3n) is 11.2. The van der Waals surface area contributed by atoms with Crippen molar-refractivity contribution < 1.29 is 47.6 Å². The van der Waals surface area contributed by atoms with Gasteiger partial charge < -0.3 is 33.9 Å². The van der Waals surface area contributed by atoms with Gasteiger partial charge in [0.05, 0.1) is 18.9 Å². The first kappa shape index (κ1) is 48.9. The standard InChI is InChI=1S/C50H68FN3O9/c1-48(2,3)61-44(55)42(38-17-19-53(31-38)46(57)58)25-33-13-11-15-35(21-33)28-52(30-37-23-40(51)27-41(24-37)60-10)29-36-16-12-14-34(22-36)26-43(45(56)62-49(4,5)6)39-18-20-54(32-39)47(59)63-50(7,8)9/h11-16,21-24,27,38-39,42-43H,17-20,25-26,28-32H2,1-10H3,(H,57,58)/t38-,39-,42?,43?/m0/s1. The van der Waals surface area contributed by atoms with Crippen LogP contribution in [0, 0.1) is 29.5 Å². The minimum atomic E-state index is -0.993. The molecular formula is C50H68FN3O9. The SMILES string of the molecule is COc1cc(F)cc(CN(Cc2cccc(CC(C(=O)OC(C)(C)C)[C@H]3CCN(C(=O)O)C3)c2)Cc2cccc(CC(C(=O)OC(C)(C)C)[C@H]3CCN(C(=O)OC(C)(C)C)C3)c2)c1. The van der Waals surface area contributed by atoms with Crippen molar-refractivity contribution in [2.24, 2.45) is 23.7 Å². The average molecular weight is 874 g/mol. The van der Waals surface area contributed by atoms with Crippen LogP contribution in [-0.4, -0.2) is 94.0 Å². The van der Waals surface area contributed by atoms with Crippen molar-refractivity contribution in [1.29, 1.82) is 0 Å². The van der Waals surface area contributed by atoms with E-state index in [1.165, 1.54) is 24.1 Å². The first-order valence-electron chi connectivity index (χ1n) is 22.1. The number of carbonyl (C=O) groups is 4. The van der Waals surface area contributed by atoms with Crippen molar-refractivity contribution in [3.05, 3.63) is 100 Å². The summed E-state index contributed by atoms with van der Waals surface area (Å²) in [5.41, 5.74) is 2.56. The molecule has 63 heavy (non-hydrogen) atoms. The van der Waals surface area contributed by atoms with Crippen LogP contribution < -0.4 is 4.74 Å². The maximum Gasteiger partial charge on any atom is 0.410 e. The molecule has 13 heteroatoms. The number of nitrogens with zero attached hydrogens (tertiary/aromatic N) is 3. The molecule has 12 nitrogen and oxygen atoms in total. The monoisotopic (exact) mass is 873 g/mol. The Kier molecular flexibility index (Phi) is 15.9. The molecule has 0 aromatic heterocycles. The Morgan fingerprint density at radius 2 is 1.10 bits per heavy atom. The molecule has 0 radical (unpaired) electrons. The van der Waals surface area contributed by atoms with Gasteiger partial charge in [0.2, 0.25) is 0 Å². The third kappa shape index (κ3) is 15.3. The molecule has 2 amide bonds. The summed E-state index contributed by atoms with van der Waals surface area (Å²) in [6.07, 6.45) is 0.644. The Morgan fingerprint density at radius 1 is 0.651 bits per heavy atom. The highest BCUT2D eigenvalue weighted by atomic mass is 19.1. The number of halogens is 1. The highest BCUT2D eigenvalue weighted by molar-refractivity contribution is 5.75. The topological polar surface area (TPSA) is 135 Å². The molecule has 2 unspecified atom stereocenters. The number of hydrogen-bond donors (Lipinski definition) is 1. The maximum absolute atomic E-state index is 14.8. The predicted molar refractivity (Wildman–Crippen MR) is 238 cm³/mol. The lowest BCUT2D eigenvalue weighted by atomic mass is 9.85. The molecule has 2 aliphatic heterocycles. The fourth-order valence-corrected chi connectivity index (χ4v) is 8.53. The highest BCUT2D eigenvalue weighted by Crippen LogP contribution is 2.33. The van der Waals surface area contributed by atoms with E-state index in [-0.39, 0.29) is 36.4 Å². The number of hydrogen-bond acceptors (Lipinski definition) is 9. The van der Waals surface area contributed by atoms with E-state index in [1.807, 2.05) is 105 Å². The van der Waals surface area contributed by atoms with Crippen LogP contribution >= 0.6 is 0 Å². The van der Waals surface area contributed by atoms with Gasteiger partial charge in [-0.2, -0.15) is 0 Å². The van der Waals surface area contributed by atoms with Crippen molar-refractivity contribution in [3.8, 4) is 5.75 Å². The van der Waals surface area contributed by atoms with Crippen LogP contribution in [0.1, 0.15) is 103 Å². The zero-order chi connectivity index (χ0) is 46.3. The zero-order valence-electron chi connectivity index (χ0n) is 38.9. The summed E-state index contributed by atoms with van der Waals surface area (Å²) in [7, 11) is 1.51. The van der Waals surface area contributed by atoms with E-state index >= 15 is 0 Å². The normalized spacial score (nSPS) is 18.0. The summed E-state index contributed by atoms with van der Waals surface area (Å²) in [5, 5.41) is 9.66. The van der Waals surface area contributed by atoms with Gasteiger partial charge in [0, 0.05) is 51.9 Å². The second-order valence-electron chi connectivity index (χ2n) is 20.2. The number of ether oxygens (including phenoxy) is 4. The molecule has 0 aliphatic carbocycles. The molecule has 0 spiro atoms. The second-order valence-corrected chi connectivity index (χ2v) is 20.2. The minimum Gasteiger partial charge on any atom is -0.497 e. The number of rotatable bonds is 15. The average Bonchev–Trinajstić information content (AvgIpc) is 3.86. The molecule has 4 atom stereocenters. The Balaban J connectivity index is 1.40. The second kappa shape index (κ2) is 20.6. The van der Waals surface area contributed by atoms with Gasteiger partial charge in [-0.3, -0.25) is 14.5 Å². The number of carbonyl (C=O) groups excluding carboxylic acids is 3. The molecule has 5 rings (SSSR count). The fraction of sp³-hybridized carbons (Fsp3) is 0.560. The number of esters is 2. The van der Waals surface area contributed by atoms with Crippen LogP contribution in [0.15, 0.2) is 66.7 Å². The lowest BCUT2D eigenvalue weighted by molar-refractivity contribution is -0.163. The van der Waals surface area contributed by atoms with Gasteiger partial charge in [0.1, 0.15) is 28.4 Å². The number of benzene rings is 3. The highest BCUT2D eigenvalue weighted by Gasteiger charge is 2.40. The van der Waals surface area contributed by atoms with Crippen LogP contribution in [0.5, 0.6) is 5.75 Å². The lowest BCUT2D eigenvalue weighted by Crippen LogP contribution is -2.38. The van der Waals surface area contributed by atoms with E-state index in [9.17, 15) is 28.7 Å². The van der Waals surface area contributed by atoms with E-state index in [2.05, 4.69) is 17.0 Å². The molecule has 1 N–H and O–H groups in total. The smallest absolute Gasteiger partial charge is 0.410 e. The first-order valence-corrected chi connectivity index (χ1v) is 22.1. The fourth-order valence-electron chi connectivity index (χ4n) is 8.53. The molecule has 2 fully saturated rings. The van der Waals surface area contributed by atoms with Crippen molar-refractivity contribution in [2.75, 3.05) is 33.3 Å². The van der Waals surface area contributed by atoms with Gasteiger partial charge in [-0.05, 0) is 140 Å². The van der Waals surface area contributed by atoms with E-state index in [0.29, 0.717) is 70.7 Å². The molecule has 0 saturated carbocycles. The lowest BCUT2D eigenvalue weighted by Gasteiger charge is -2.28. The van der Waals surface area contributed by atoms with Gasteiger partial charge >= 0.3 is 24.1 Å². The predicted octanol–water partition coefficient (Wildman–Crippen LogP) is 9.29. The third-order valence-corrected chi connectivity index (χ3v) is 11.2. The summed E-state index contributed by atoms with van der Waals surface area (Å²) >= 11 is 0. The summed E-state index contributed by atoms with van der Waals surface area (Å²) in [4.78, 5) is 57.5. The quantitative estimate of drug-likeness (QED) is 0.116. The van der Waals surface area contributed by atoms with Crippen LogP contribution in [0.25, 0.3) is 0 Å². The van der Waals surface area contributed by atoms with Gasteiger partial charge in [0.15, 0.2) is 0 Å². The maximum atomic E-state index is 14.8. The van der Waals surface area contributed by atoms with Crippen molar-refractivity contribution in [1.82, 2.24) is 14.7 Å². The van der Waals surface area contributed by atoms with Crippen LogP contribution in [0.2, 0.25) is 0 Å². The molecule has 2 aliphatic rings. The summed E-state index contributed by atoms with van der Waals surface area (Å²) < 4.78 is 37.7. The minimum absolute atomic E-state index is 0.123. The Labute approximate surface area is 373 Å². The van der Waals surface area contributed by atoms with Gasteiger partial charge in [-0.25, -0.2) is 14.0 Å². The number of carboxylic acid groups (broad SMARTS) is 1. The van der Waals surface area contributed by atoms with Gasteiger partial charge in [0.25, 0.3) is 0 Å². The Morgan fingerprint density at radius 3 is 1.54 bits per heavy atom. The zero-order valence-corrected chi connectivity index (χ0v) is 38.9.